The van der Waals surface area contributed by atoms with E-state index >= 15 is 0 Å². The molecule has 6 heteroatoms. The molecule has 1 rings (SSSR count). The zero-order chi connectivity index (χ0) is 13.8. The molecular formula is C12H23NO4S. The molecule has 0 bridgehead atoms. The van der Waals surface area contributed by atoms with Crippen LogP contribution in [-0.2, 0) is 14.6 Å². The number of nitrogens with zero attached hydrogens (tertiary/aromatic N) is 1. The molecule has 0 aromatic carbocycles. The molecular weight excluding hydrogens is 254 g/mol. The number of hydrogen-bond acceptors (Lipinski definition) is 4. The first-order valence-electron chi connectivity index (χ1n) is 6.50. The number of carbonyl (C=O) groups is 1. The lowest BCUT2D eigenvalue weighted by atomic mass is 10.0. The van der Waals surface area contributed by atoms with Crippen LogP contribution in [0.25, 0.3) is 0 Å². The average Bonchev–Trinajstić information content (AvgIpc) is 2.57. The Morgan fingerprint density at radius 1 is 1.50 bits per heavy atom. The first-order chi connectivity index (χ1) is 8.34. The number of carboxylic acids is 1. The molecule has 2 atom stereocenters. The summed E-state index contributed by atoms with van der Waals surface area (Å²) in [7, 11) is -2.96. The van der Waals surface area contributed by atoms with Gasteiger partial charge >= 0.3 is 5.97 Å². The van der Waals surface area contributed by atoms with E-state index in [1.54, 1.807) is 0 Å². The van der Waals surface area contributed by atoms with Crippen LogP contribution in [0, 0.1) is 5.92 Å². The molecule has 0 radical (unpaired) electrons. The third-order valence-corrected chi connectivity index (χ3v) is 5.14. The van der Waals surface area contributed by atoms with E-state index in [0.29, 0.717) is 18.9 Å². The van der Waals surface area contributed by atoms with Crippen molar-refractivity contribution in [2.75, 3.05) is 24.6 Å². The van der Waals surface area contributed by atoms with Crippen LogP contribution in [0.15, 0.2) is 0 Å². The second kappa shape index (κ2) is 6.52. The molecule has 5 nitrogen and oxygen atoms in total. The van der Waals surface area contributed by atoms with Crippen LogP contribution in [0.1, 0.15) is 33.1 Å². The summed E-state index contributed by atoms with van der Waals surface area (Å²) in [6, 6.07) is -0.120. The van der Waals surface area contributed by atoms with Gasteiger partial charge in [0.15, 0.2) is 9.84 Å². The van der Waals surface area contributed by atoms with Crippen molar-refractivity contribution in [2.45, 2.75) is 39.2 Å². The Labute approximate surface area is 109 Å². The van der Waals surface area contributed by atoms with Crippen molar-refractivity contribution < 1.29 is 18.3 Å². The number of sulfone groups is 1. The average molecular weight is 277 g/mol. The van der Waals surface area contributed by atoms with Crippen molar-refractivity contribution in [3.8, 4) is 0 Å². The van der Waals surface area contributed by atoms with E-state index in [4.69, 9.17) is 5.11 Å². The molecule has 0 spiro atoms. The van der Waals surface area contributed by atoms with Gasteiger partial charge in [-0.3, -0.25) is 9.69 Å². The summed E-state index contributed by atoms with van der Waals surface area (Å²) in [5.41, 5.74) is 0. The molecule has 1 aliphatic heterocycles. The highest BCUT2D eigenvalue weighted by Gasteiger charge is 2.33. The van der Waals surface area contributed by atoms with Gasteiger partial charge in [-0.15, -0.1) is 0 Å². The third kappa shape index (κ3) is 4.94. The fraction of sp³-hybridized carbons (Fsp3) is 0.917. The minimum absolute atomic E-state index is 0.0613. The molecule has 0 saturated carbocycles. The van der Waals surface area contributed by atoms with Crippen molar-refractivity contribution in [3.05, 3.63) is 0 Å². The maximum Gasteiger partial charge on any atom is 0.317 e. The number of carboxylic acid groups (broad SMARTS) is 1. The predicted molar refractivity (Wildman–Crippen MR) is 70.3 cm³/mol. The minimum atomic E-state index is -2.96. The van der Waals surface area contributed by atoms with E-state index in [9.17, 15) is 13.2 Å². The molecule has 0 aromatic rings. The van der Waals surface area contributed by atoms with Gasteiger partial charge in [-0.05, 0) is 18.8 Å². The summed E-state index contributed by atoms with van der Waals surface area (Å²) in [6.45, 7) is 4.79. The maximum atomic E-state index is 11.5. The van der Waals surface area contributed by atoms with Crippen LogP contribution in [0.5, 0.6) is 0 Å². The normalized spacial score (nSPS) is 24.3. The summed E-state index contributed by atoms with van der Waals surface area (Å²) in [5, 5.41) is 8.93. The van der Waals surface area contributed by atoms with Crippen LogP contribution in [0.3, 0.4) is 0 Å². The number of rotatable bonds is 7. The fourth-order valence-electron chi connectivity index (χ4n) is 2.56. The molecule has 1 saturated heterocycles. The summed E-state index contributed by atoms with van der Waals surface area (Å²) in [6.07, 6.45) is 2.66. The first-order valence-corrected chi connectivity index (χ1v) is 8.32. The summed E-state index contributed by atoms with van der Waals surface area (Å²) in [5.74, 6) is -0.185. The Morgan fingerprint density at radius 3 is 2.61 bits per heavy atom. The van der Waals surface area contributed by atoms with Crippen LogP contribution in [0.4, 0.5) is 0 Å². The van der Waals surface area contributed by atoms with Crippen LogP contribution in [0.2, 0.25) is 0 Å². The van der Waals surface area contributed by atoms with Crippen molar-refractivity contribution in [3.63, 3.8) is 0 Å². The lowest BCUT2D eigenvalue weighted by molar-refractivity contribution is -0.139. The molecule has 106 valence electrons. The van der Waals surface area contributed by atoms with E-state index in [1.807, 2.05) is 4.90 Å². The third-order valence-electron chi connectivity index (χ3n) is 3.39. The largest absolute Gasteiger partial charge is 0.480 e. The Morgan fingerprint density at radius 2 is 2.17 bits per heavy atom. The van der Waals surface area contributed by atoms with Crippen LogP contribution in [-0.4, -0.2) is 55.0 Å². The van der Waals surface area contributed by atoms with Gasteiger partial charge in [-0.25, -0.2) is 8.42 Å². The van der Waals surface area contributed by atoms with Gasteiger partial charge in [0.1, 0.15) is 0 Å². The molecule has 0 aromatic heterocycles. The maximum absolute atomic E-state index is 11.5. The predicted octanol–water partition coefficient (Wildman–Crippen LogP) is 0.996. The smallest absolute Gasteiger partial charge is 0.317 e. The monoisotopic (exact) mass is 277 g/mol. The SMILES string of the molecule is CCCC(C)CN(CC(=O)O)C1CCS(=O)(=O)C1. The molecule has 1 heterocycles. The fourth-order valence-corrected chi connectivity index (χ4v) is 4.33. The highest BCUT2D eigenvalue weighted by atomic mass is 32.2. The van der Waals surface area contributed by atoms with Gasteiger partial charge in [0.25, 0.3) is 0 Å². The first kappa shape index (κ1) is 15.4. The molecule has 1 fully saturated rings. The van der Waals surface area contributed by atoms with E-state index in [0.717, 1.165) is 12.8 Å². The van der Waals surface area contributed by atoms with Gasteiger partial charge in [-0.1, -0.05) is 20.3 Å². The van der Waals surface area contributed by atoms with E-state index in [-0.39, 0.29) is 24.1 Å². The molecule has 18 heavy (non-hydrogen) atoms. The summed E-state index contributed by atoms with van der Waals surface area (Å²) in [4.78, 5) is 12.7. The Hall–Kier alpha value is -0.620. The molecule has 1 aliphatic rings. The summed E-state index contributed by atoms with van der Waals surface area (Å²) >= 11 is 0. The number of hydrogen-bond donors (Lipinski definition) is 1. The lowest BCUT2D eigenvalue weighted by Crippen LogP contribution is -2.42. The lowest BCUT2D eigenvalue weighted by Gasteiger charge is -2.29. The zero-order valence-electron chi connectivity index (χ0n) is 11.1. The van der Waals surface area contributed by atoms with E-state index in [2.05, 4.69) is 13.8 Å². The van der Waals surface area contributed by atoms with Gasteiger partial charge in [0, 0.05) is 12.6 Å². The van der Waals surface area contributed by atoms with Crippen LogP contribution >= 0.6 is 0 Å². The summed E-state index contributed by atoms with van der Waals surface area (Å²) < 4.78 is 22.9. The van der Waals surface area contributed by atoms with Crippen LogP contribution < -0.4 is 0 Å². The highest BCUT2D eigenvalue weighted by molar-refractivity contribution is 7.91. The van der Waals surface area contributed by atoms with Crippen molar-refractivity contribution >= 4 is 15.8 Å². The quantitative estimate of drug-likeness (QED) is 0.751. The topological polar surface area (TPSA) is 74.7 Å². The van der Waals surface area contributed by atoms with Crippen molar-refractivity contribution in [1.29, 1.82) is 0 Å². The highest BCUT2D eigenvalue weighted by Crippen LogP contribution is 2.19. The molecule has 2 unspecified atom stereocenters. The van der Waals surface area contributed by atoms with Crippen molar-refractivity contribution in [1.82, 2.24) is 4.90 Å². The minimum Gasteiger partial charge on any atom is -0.480 e. The second-order valence-corrected chi connectivity index (χ2v) is 7.50. The van der Waals surface area contributed by atoms with Gasteiger partial charge in [0.2, 0.25) is 0 Å². The van der Waals surface area contributed by atoms with E-state index < -0.39 is 15.8 Å². The Bertz CT molecular complexity index is 380. The van der Waals surface area contributed by atoms with Crippen molar-refractivity contribution in [2.24, 2.45) is 5.92 Å². The van der Waals surface area contributed by atoms with Gasteiger partial charge < -0.3 is 5.11 Å². The Balaban J connectivity index is 2.64. The molecule has 0 amide bonds. The van der Waals surface area contributed by atoms with Gasteiger partial charge in [-0.2, -0.15) is 0 Å². The van der Waals surface area contributed by atoms with Gasteiger partial charge in [0.05, 0.1) is 18.1 Å². The second-order valence-electron chi connectivity index (χ2n) is 5.27. The molecule has 0 aliphatic carbocycles. The molecule has 1 N–H and O–H groups in total. The standard InChI is InChI=1S/C12H23NO4S/c1-3-4-10(2)7-13(8-12(14)15)11-5-6-18(16,17)9-11/h10-11H,3-9H2,1-2H3,(H,14,15). The number of aliphatic carboxylic acids is 1. The zero-order valence-corrected chi connectivity index (χ0v) is 11.9. The Kier molecular flexibility index (Phi) is 5.59. The van der Waals surface area contributed by atoms with E-state index in [1.165, 1.54) is 0 Å².